The summed E-state index contributed by atoms with van der Waals surface area (Å²) in [6, 6.07) is 8.19. The van der Waals surface area contributed by atoms with Gasteiger partial charge in [-0.05, 0) is 30.9 Å². The summed E-state index contributed by atoms with van der Waals surface area (Å²) < 4.78 is 6.46. The molecule has 2 aromatic rings. The molecular weight excluding hydrogens is 318 g/mol. The van der Waals surface area contributed by atoms with Gasteiger partial charge < -0.3 is 10.3 Å². The predicted molar refractivity (Wildman–Crippen MR) is 80.2 cm³/mol. The number of aryl methyl sites for hydroxylation is 2. The van der Waals surface area contributed by atoms with Crippen molar-refractivity contribution >= 4 is 15.9 Å². The summed E-state index contributed by atoms with van der Waals surface area (Å²) in [4.78, 5) is 4.49. The number of halogens is 1. The second-order valence-corrected chi connectivity index (χ2v) is 6.32. The molecule has 0 saturated heterocycles. The monoisotopic (exact) mass is 335 g/mol. The second kappa shape index (κ2) is 5.66. The van der Waals surface area contributed by atoms with Gasteiger partial charge in [0.05, 0.1) is 5.54 Å². The highest BCUT2D eigenvalue weighted by Crippen LogP contribution is 2.34. The molecular formula is C15H18BrN3O. The van der Waals surface area contributed by atoms with Crippen LogP contribution in [0.15, 0.2) is 33.3 Å². The van der Waals surface area contributed by atoms with Crippen LogP contribution in [0.3, 0.4) is 0 Å². The van der Waals surface area contributed by atoms with Crippen LogP contribution in [-0.4, -0.2) is 10.1 Å². The maximum Gasteiger partial charge on any atom is 0.227 e. The number of hydrogen-bond acceptors (Lipinski definition) is 4. The van der Waals surface area contributed by atoms with Crippen LogP contribution >= 0.6 is 15.9 Å². The lowest BCUT2D eigenvalue weighted by Crippen LogP contribution is -2.34. The molecule has 0 radical (unpaired) electrons. The first-order valence-corrected chi connectivity index (χ1v) is 7.82. The summed E-state index contributed by atoms with van der Waals surface area (Å²) in [5, 5.41) is 4.08. The van der Waals surface area contributed by atoms with Gasteiger partial charge in [0, 0.05) is 10.9 Å². The third-order valence-corrected chi connectivity index (χ3v) is 4.75. The largest absolute Gasteiger partial charge is 0.339 e. The van der Waals surface area contributed by atoms with Crippen molar-refractivity contribution in [2.75, 3.05) is 0 Å². The Morgan fingerprint density at radius 3 is 2.70 bits per heavy atom. The molecule has 106 valence electrons. The summed E-state index contributed by atoms with van der Waals surface area (Å²) in [5.41, 5.74) is 7.21. The van der Waals surface area contributed by atoms with Crippen LogP contribution in [0.1, 0.15) is 43.0 Å². The molecule has 1 aromatic heterocycles. The van der Waals surface area contributed by atoms with E-state index in [1.165, 1.54) is 5.56 Å². The fourth-order valence-electron chi connectivity index (χ4n) is 2.73. The zero-order valence-electron chi connectivity index (χ0n) is 11.3. The Kier molecular flexibility index (Phi) is 3.89. The fourth-order valence-corrected chi connectivity index (χ4v) is 3.21. The van der Waals surface area contributed by atoms with Crippen molar-refractivity contribution in [2.24, 2.45) is 5.73 Å². The molecule has 1 saturated carbocycles. The number of hydrogen-bond donors (Lipinski definition) is 1. The fraction of sp³-hybridized carbons (Fsp3) is 0.467. The topological polar surface area (TPSA) is 64.9 Å². The molecule has 20 heavy (non-hydrogen) atoms. The van der Waals surface area contributed by atoms with Crippen molar-refractivity contribution < 1.29 is 4.52 Å². The van der Waals surface area contributed by atoms with Crippen molar-refractivity contribution in [3.63, 3.8) is 0 Å². The van der Waals surface area contributed by atoms with Crippen LogP contribution in [0.4, 0.5) is 0 Å². The standard InChI is InChI=1S/C15H18BrN3O/c16-12-6-2-1-5-11(12)7-8-13-18-14(19-20-13)15(17)9-3-4-10-15/h1-2,5-6H,3-4,7-10,17H2. The number of aromatic nitrogens is 2. The minimum atomic E-state index is -0.366. The summed E-state index contributed by atoms with van der Waals surface area (Å²) in [6.07, 6.45) is 5.83. The molecule has 0 amide bonds. The van der Waals surface area contributed by atoms with Gasteiger partial charge in [-0.25, -0.2) is 0 Å². The third-order valence-electron chi connectivity index (χ3n) is 3.98. The molecule has 0 aliphatic heterocycles. The molecule has 1 aliphatic rings. The molecule has 1 aromatic carbocycles. The third kappa shape index (κ3) is 2.79. The van der Waals surface area contributed by atoms with Gasteiger partial charge in [-0.2, -0.15) is 4.98 Å². The van der Waals surface area contributed by atoms with E-state index in [-0.39, 0.29) is 5.54 Å². The molecule has 0 bridgehead atoms. The molecule has 3 rings (SSSR count). The molecule has 1 fully saturated rings. The number of benzene rings is 1. The maximum atomic E-state index is 6.33. The Bertz CT molecular complexity index is 590. The molecule has 0 atom stereocenters. The van der Waals surface area contributed by atoms with Gasteiger partial charge in [0.1, 0.15) is 0 Å². The SMILES string of the molecule is NC1(c2noc(CCc3ccccc3Br)n2)CCCC1. The quantitative estimate of drug-likeness (QED) is 0.930. The van der Waals surface area contributed by atoms with Crippen molar-refractivity contribution in [3.8, 4) is 0 Å². The minimum absolute atomic E-state index is 0.366. The van der Waals surface area contributed by atoms with Gasteiger partial charge in [-0.15, -0.1) is 0 Å². The minimum Gasteiger partial charge on any atom is -0.339 e. The first-order valence-electron chi connectivity index (χ1n) is 7.03. The first-order chi connectivity index (χ1) is 9.67. The molecule has 5 heteroatoms. The van der Waals surface area contributed by atoms with Crippen molar-refractivity contribution in [2.45, 2.75) is 44.1 Å². The molecule has 4 nitrogen and oxygen atoms in total. The van der Waals surface area contributed by atoms with Crippen LogP contribution < -0.4 is 5.73 Å². The number of rotatable bonds is 4. The predicted octanol–water partition coefficient (Wildman–Crippen LogP) is 3.35. The Labute approximate surface area is 126 Å². The zero-order chi connectivity index (χ0) is 14.0. The van der Waals surface area contributed by atoms with E-state index in [2.05, 4.69) is 32.1 Å². The van der Waals surface area contributed by atoms with E-state index in [4.69, 9.17) is 10.3 Å². The van der Waals surface area contributed by atoms with Crippen LogP contribution in [0.25, 0.3) is 0 Å². The second-order valence-electron chi connectivity index (χ2n) is 5.47. The van der Waals surface area contributed by atoms with Gasteiger partial charge in [-0.1, -0.05) is 52.1 Å². The lowest BCUT2D eigenvalue weighted by molar-refractivity contribution is 0.348. The average Bonchev–Trinajstić information content (AvgIpc) is 3.08. The van der Waals surface area contributed by atoms with Crippen LogP contribution in [0.2, 0.25) is 0 Å². The van der Waals surface area contributed by atoms with E-state index >= 15 is 0 Å². The average molecular weight is 336 g/mol. The zero-order valence-corrected chi connectivity index (χ0v) is 12.9. The van der Waals surface area contributed by atoms with Crippen molar-refractivity contribution in [1.82, 2.24) is 10.1 Å². The highest BCUT2D eigenvalue weighted by molar-refractivity contribution is 9.10. The Hall–Kier alpha value is -1.20. The number of nitrogens with two attached hydrogens (primary N) is 1. The van der Waals surface area contributed by atoms with E-state index in [0.29, 0.717) is 11.7 Å². The van der Waals surface area contributed by atoms with Crippen molar-refractivity contribution in [3.05, 3.63) is 46.0 Å². The van der Waals surface area contributed by atoms with Crippen LogP contribution in [-0.2, 0) is 18.4 Å². The molecule has 0 spiro atoms. The first kappa shape index (κ1) is 13.8. The van der Waals surface area contributed by atoms with Crippen LogP contribution in [0.5, 0.6) is 0 Å². The van der Waals surface area contributed by atoms with Crippen molar-refractivity contribution in [1.29, 1.82) is 0 Å². The summed E-state index contributed by atoms with van der Waals surface area (Å²) >= 11 is 3.55. The van der Waals surface area contributed by atoms with Crippen LogP contribution in [0, 0.1) is 0 Å². The smallest absolute Gasteiger partial charge is 0.227 e. The normalized spacial score (nSPS) is 17.5. The lowest BCUT2D eigenvalue weighted by atomic mass is 9.99. The molecule has 0 unspecified atom stereocenters. The highest BCUT2D eigenvalue weighted by Gasteiger charge is 2.35. The maximum absolute atomic E-state index is 6.33. The molecule has 2 N–H and O–H groups in total. The molecule has 1 heterocycles. The van der Waals surface area contributed by atoms with Gasteiger partial charge in [0.25, 0.3) is 0 Å². The Balaban J connectivity index is 1.67. The number of nitrogens with zero attached hydrogens (tertiary/aromatic N) is 2. The van der Waals surface area contributed by atoms with E-state index < -0.39 is 0 Å². The van der Waals surface area contributed by atoms with Gasteiger partial charge in [-0.3, -0.25) is 0 Å². The Morgan fingerprint density at radius 2 is 1.95 bits per heavy atom. The van der Waals surface area contributed by atoms with E-state index in [9.17, 15) is 0 Å². The summed E-state index contributed by atoms with van der Waals surface area (Å²) in [6.45, 7) is 0. The van der Waals surface area contributed by atoms with E-state index in [1.54, 1.807) is 0 Å². The lowest BCUT2D eigenvalue weighted by Gasteiger charge is -2.17. The Morgan fingerprint density at radius 1 is 1.20 bits per heavy atom. The van der Waals surface area contributed by atoms with Gasteiger partial charge >= 0.3 is 0 Å². The van der Waals surface area contributed by atoms with E-state index in [1.807, 2.05) is 18.2 Å². The van der Waals surface area contributed by atoms with E-state index in [0.717, 1.165) is 43.0 Å². The van der Waals surface area contributed by atoms with Gasteiger partial charge in [0.2, 0.25) is 5.89 Å². The highest BCUT2D eigenvalue weighted by atomic mass is 79.9. The van der Waals surface area contributed by atoms with Gasteiger partial charge in [0.15, 0.2) is 5.82 Å². The molecule has 1 aliphatic carbocycles. The summed E-state index contributed by atoms with van der Waals surface area (Å²) in [5.74, 6) is 1.35. The summed E-state index contributed by atoms with van der Waals surface area (Å²) in [7, 11) is 0.